The lowest BCUT2D eigenvalue weighted by molar-refractivity contribution is -0.319. The van der Waals surface area contributed by atoms with E-state index in [0.29, 0.717) is 0 Å². The maximum atomic E-state index is 6.05. The number of ether oxygens (including phenoxy) is 2. The van der Waals surface area contributed by atoms with Gasteiger partial charge in [0, 0.05) is 11.8 Å². The van der Waals surface area contributed by atoms with Crippen molar-refractivity contribution in [3.63, 3.8) is 0 Å². The third-order valence-corrected chi connectivity index (χ3v) is 3.76. The Labute approximate surface area is 101 Å². The van der Waals surface area contributed by atoms with Crippen LogP contribution in [0.4, 0.5) is 0 Å². The van der Waals surface area contributed by atoms with E-state index in [1.165, 1.54) is 25.7 Å². The van der Waals surface area contributed by atoms with Gasteiger partial charge in [0.25, 0.3) is 0 Å². The summed E-state index contributed by atoms with van der Waals surface area (Å²) < 4.78 is 12.0. The van der Waals surface area contributed by atoms with Crippen LogP contribution in [0.2, 0.25) is 0 Å². The van der Waals surface area contributed by atoms with Gasteiger partial charge in [0.05, 0.1) is 12.7 Å². The molecule has 1 aliphatic rings. The molecule has 0 aromatic carbocycles. The van der Waals surface area contributed by atoms with E-state index in [4.69, 9.17) is 9.47 Å². The average molecular weight is 228 g/mol. The van der Waals surface area contributed by atoms with Crippen LogP contribution in [-0.2, 0) is 9.47 Å². The topological polar surface area (TPSA) is 18.5 Å². The summed E-state index contributed by atoms with van der Waals surface area (Å²) in [6.45, 7) is 11.7. The van der Waals surface area contributed by atoms with Crippen LogP contribution in [0.3, 0.4) is 0 Å². The summed E-state index contributed by atoms with van der Waals surface area (Å²) in [6.07, 6.45) is 6.39. The first-order valence-corrected chi connectivity index (χ1v) is 6.71. The van der Waals surface area contributed by atoms with Crippen molar-refractivity contribution in [3.05, 3.63) is 0 Å². The lowest BCUT2D eigenvalue weighted by atomic mass is 9.86. The molecule has 1 rings (SSSR count). The van der Waals surface area contributed by atoms with Crippen LogP contribution in [0.15, 0.2) is 0 Å². The molecule has 2 atom stereocenters. The van der Waals surface area contributed by atoms with Crippen LogP contribution in [0.25, 0.3) is 0 Å². The lowest BCUT2D eigenvalue weighted by Gasteiger charge is -2.46. The molecule has 2 heteroatoms. The minimum Gasteiger partial charge on any atom is -0.350 e. The summed E-state index contributed by atoms with van der Waals surface area (Å²) in [5.41, 5.74) is 0.142. The number of hydrogen-bond donors (Lipinski definition) is 0. The summed E-state index contributed by atoms with van der Waals surface area (Å²) in [4.78, 5) is 0. The van der Waals surface area contributed by atoms with Crippen LogP contribution in [-0.4, -0.2) is 18.5 Å². The molecule has 0 amide bonds. The molecule has 1 fully saturated rings. The Morgan fingerprint density at radius 2 is 1.81 bits per heavy atom. The van der Waals surface area contributed by atoms with Gasteiger partial charge in [-0.2, -0.15) is 0 Å². The average Bonchev–Trinajstić information content (AvgIpc) is 2.21. The zero-order valence-electron chi connectivity index (χ0n) is 11.6. The monoisotopic (exact) mass is 228 g/mol. The van der Waals surface area contributed by atoms with Crippen LogP contribution < -0.4 is 0 Å². The van der Waals surface area contributed by atoms with Crippen molar-refractivity contribution < 1.29 is 9.47 Å². The predicted molar refractivity (Wildman–Crippen MR) is 67.4 cm³/mol. The third-order valence-electron chi connectivity index (χ3n) is 3.76. The van der Waals surface area contributed by atoms with Crippen molar-refractivity contribution >= 4 is 0 Å². The van der Waals surface area contributed by atoms with Crippen molar-refractivity contribution in [1.29, 1.82) is 0 Å². The van der Waals surface area contributed by atoms with Gasteiger partial charge >= 0.3 is 0 Å². The molecule has 16 heavy (non-hydrogen) atoms. The van der Waals surface area contributed by atoms with Gasteiger partial charge in [-0.1, -0.05) is 40.0 Å². The van der Waals surface area contributed by atoms with E-state index in [1.807, 2.05) is 0 Å². The van der Waals surface area contributed by atoms with Crippen LogP contribution in [0, 0.1) is 5.41 Å². The first-order chi connectivity index (χ1) is 7.40. The number of unbranched alkanes of at least 4 members (excludes halogenated alkanes) is 3. The van der Waals surface area contributed by atoms with Gasteiger partial charge in [0.1, 0.15) is 0 Å². The molecule has 2 nitrogen and oxygen atoms in total. The largest absolute Gasteiger partial charge is 0.350 e. The molecule has 0 unspecified atom stereocenters. The van der Waals surface area contributed by atoms with Gasteiger partial charge in [-0.15, -0.1) is 0 Å². The third kappa shape index (κ3) is 3.74. The van der Waals surface area contributed by atoms with E-state index >= 15 is 0 Å². The molecule has 0 bridgehead atoms. The Hall–Kier alpha value is -0.0800. The van der Waals surface area contributed by atoms with Crippen LogP contribution >= 0.6 is 0 Å². The van der Waals surface area contributed by atoms with E-state index < -0.39 is 0 Å². The number of hydrogen-bond acceptors (Lipinski definition) is 2. The van der Waals surface area contributed by atoms with E-state index in [9.17, 15) is 0 Å². The first kappa shape index (κ1) is 14.0. The minimum atomic E-state index is -0.345. The standard InChI is InChI=1S/C14H28O2/c1-6-7-8-9-10-14(5)15-11-13(3,4)12(2)16-14/h12H,6-11H2,1-5H3/t12-,14-/m0/s1. The van der Waals surface area contributed by atoms with E-state index in [0.717, 1.165) is 13.0 Å². The molecule has 0 radical (unpaired) electrons. The van der Waals surface area contributed by atoms with Gasteiger partial charge in [-0.3, -0.25) is 0 Å². The molecule has 1 saturated heterocycles. The quantitative estimate of drug-likeness (QED) is 0.659. The Morgan fingerprint density at radius 3 is 2.38 bits per heavy atom. The van der Waals surface area contributed by atoms with Crippen LogP contribution in [0.5, 0.6) is 0 Å². The normalized spacial score (nSPS) is 33.9. The minimum absolute atomic E-state index is 0.142. The summed E-state index contributed by atoms with van der Waals surface area (Å²) in [5.74, 6) is -0.345. The first-order valence-electron chi connectivity index (χ1n) is 6.71. The molecular formula is C14H28O2. The molecule has 1 heterocycles. The van der Waals surface area contributed by atoms with Gasteiger partial charge in [0.15, 0.2) is 5.79 Å². The van der Waals surface area contributed by atoms with Crippen molar-refractivity contribution in [1.82, 2.24) is 0 Å². The van der Waals surface area contributed by atoms with E-state index in [-0.39, 0.29) is 17.3 Å². The van der Waals surface area contributed by atoms with Gasteiger partial charge in [0.2, 0.25) is 0 Å². The molecule has 96 valence electrons. The highest BCUT2D eigenvalue weighted by atomic mass is 16.7. The second-order valence-electron chi connectivity index (χ2n) is 5.98. The molecule has 0 aliphatic carbocycles. The molecule has 0 saturated carbocycles. The van der Waals surface area contributed by atoms with Crippen molar-refractivity contribution in [2.24, 2.45) is 5.41 Å². The van der Waals surface area contributed by atoms with Crippen LogP contribution in [0.1, 0.15) is 66.7 Å². The molecule has 0 N–H and O–H groups in total. The summed E-state index contributed by atoms with van der Waals surface area (Å²) in [5, 5.41) is 0. The summed E-state index contributed by atoms with van der Waals surface area (Å²) in [7, 11) is 0. The highest BCUT2D eigenvalue weighted by Crippen LogP contribution is 2.37. The number of rotatable bonds is 5. The van der Waals surface area contributed by atoms with Crippen molar-refractivity contribution in [3.8, 4) is 0 Å². The molecule has 0 spiro atoms. The Kier molecular flexibility index (Phi) is 4.81. The van der Waals surface area contributed by atoms with E-state index in [1.54, 1.807) is 0 Å². The Balaban J connectivity index is 2.36. The summed E-state index contributed by atoms with van der Waals surface area (Å²) in [6, 6.07) is 0. The highest BCUT2D eigenvalue weighted by molar-refractivity contribution is 4.83. The maximum absolute atomic E-state index is 6.05. The van der Waals surface area contributed by atoms with Gasteiger partial charge in [-0.25, -0.2) is 0 Å². The second kappa shape index (κ2) is 5.50. The van der Waals surface area contributed by atoms with Crippen molar-refractivity contribution in [2.45, 2.75) is 78.6 Å². The zero-order valence-corrected chi connectivity index (χ0v) is 11.6. The zero-order chi connectivity index (χ0) is 12.2. The molecule has 0 aromatic heterocycles. The Bertz CT molecular complexity index is 213. The smallest absolute Gasteiger partial charge is 0.165 e. The maximum Gasteiger partial charge on any atom is 0.165 e. The van der Waals surface area contributed by atoms with Gasteiger partial charge in [-0.05, 0) is 20.3 Å². The van der Waals surface area contributed by atoms with Gasteiger partial charge < -0.3 is 9.47 Å². The fraction of sp³-hybridized carbons (Fsp3) is 1.00. The second-order valence-corrected chi connectivity index (χ2v) is 5.98. The lowest BCUT2D eigenvalue weighted by Crippen LogP contribution is -2.50. The fourth-order valence-corrected chi connectivity index (χ4v) is 2.03. The SMILES string of the molecule is CCCCCC[C@@]1(C)OCC(C)(C)[C@H](C)O1. The summed E-state index contributed by atoms with van der Waals surface area (Å²) >= 11 is 0. The van der Waals surface area contributed by atoms with E-state index in [2.05, 4.69) is 34.6 Å². The fourth-order valence-electron chi connectivity index (χ4n) is 2.03. The molecule has 0 aromatic rings. The molecular weight excluding hydrogens is 200 g/mol. The predicted octanol–water partition coefficient (Wildman–Crippen LogP) is 4.13. The molecule has 1 aliphatic heterocycles. The highest BCUT2D eigenvalue weighted by Gasteiger charge is 2.41. The van der Waals surface area contributed by atoms with Crippen molar-refractivity contribution in [2.75, 3.05) is 6.61 Å². The Morgan fingerprint density at radius 1 is 1.12 bits per heavy atom.